The number of carbonyl (C=O) groups is 1. The molecule has 224 valence electrons. The third kappa shape index (κ3) is 8.10. The van der Waals surface area contributed by atoms with E-state index in [9.17, 15) is 15.0 Å². The number of hydrogen-bond acceptors (Lipinski definition) is 11. The van der Waals surface area contributed by atoms with Crippen molar-refractivity contribution in [3.8, 4) is 11.5 Å². The Balaban J connectivity index is 2.64. The number of aliphatic hydroxyl groups excluding tert-OH is 2. The molecule has 0 aliphatic carbocycles. The van der Waals surface area contributed by atoms with Crippen LogP contribution in [0.5, 0.6) is 11.5 Å². The number of nitrogens with zero attached hydrogens (tertiary/aromatic N) is 6. The molecule has 0 amide bonds. The third-order valence-corrected chi connectivity index (χ3v) is 6.89. The van der Waals surface area contributed by atoms with Crippen molar-refractivity contribution in [2.45, 2.75) is 105 Å². The minimum atomic E-state index is -1.26. The van der Waals surface area contributed by atoms with Crippen LogP contribution in [0.3, 0.4) is 0 Å². The molecule has 4 atom stereocenters. The first-order valence-electron chi connectivity index (χ1n) is 12.5. The summed E-state index contributed by atoms with van der Waals surface area (Å²) in [5.74, 6) is -0.395. The van der Waals surface area contributed by atoms with E-state index in [1.54, 1.807) is 37.5 Å². The van der Waals surface area contributed by atoms with E-state index in [4.69, 9.17) is 55.9 Å². The van der Waals surface area contributed by atoms with Crippen LogP contribution in [0.1, 0.15) is 69.2 Å². The van der Waals surface area contributed by atoms with Gasteiger partial charge >= 0.3 is 6.16 Å². The Bertz CT molecular complexity index is 1130. The second kappa shape index (κ2) is 13.0. The maximum absolute atomic E-state index is 13.2. The SMILES string of the molecule is C[C@H](O)[C@@H](C)N(c1nc(Cl)nc(Cl)c1OC(=O)Oc1c(Cl)nc(Cl)nc1N([C@H](C)[C@H](C)O)C(C)(C)C)C(C)(C)C. The van der Waals surface area contributed by atoms with E-state index in [1.165, 1.54) is 0 Å². The molecule has 0 saturated heterocycles. The topological polar surface area (TPSA) is 134 Å². The fourth-order valence-corrected chi connectivity index (χ4v) is 4.96. The number of anilines is 2. The van der Waals surface area contributed by atoms with Crippen LogP contribution in [-0.2, 0) is 0 Å². The summed E-state index contributed by atoms with van der Waals surface area (Å²) in [5, 5.41) is 19.8. The Labute approximate surface area is 254 Å². The molecule has 2 heterocycles. The van der Waals surface area contributed by atoms with Gasteiger partial charge in [-0.3, -0.25) is 0 Å². The molecule has 11 nitrogen and oxygen atoms in total. The fourth-order valence-electron chi connectivity index (χ4n) is 4.14. The molecule has 0 spiro atoms. The minimum Gasteiger partial charge on any atom is -0.391 e. The number of carbonyl (C=O) groups excluding carboxylic acids is 1. The van der Waals surface area contributed by atoms with Gasteiger partial charge in [0.2, 0.25) is 22.1 Å². The number of aromatic nitrogens is 4. The van der Waals surface area contributed by atoms with Gasteiger partial charge in [0.05, 0.1) is 24.3 Å². The van der Waals surface area contributed by atoms with Crippen LogP contribution in [0.25, 0.3) is 0 Å². The van der Waals surface area contributed by atoms with Crippen LogP contribution in [0.15, 0.2) is 0 Å². The molecule has 0 radical (unpaired) electrons. The van der Waals surface area contributed by atoms with E-state index in [2.05, 4.69) is 19.9 Å². The Kier molecular flexibility index (Phi) is 11.1. The second-order valence-corrected chi connectivity index (χ2v) is 12.8. The number of halogens is 4. The van der Waals surface area contributed by atoms with Gasteiger partial charge in [-0.25, -0.2) is 14.8 Å². The molecule has 2 aromatic heterocycles. The normalized spacial score (nSPS) is 15.2. The Hall–Kier alpha value is -1.89. The van der Waals surface area contributed by atoms with Gasteiger partial charge in [0, 0.05) is 11.1 Å². The molecular formula is C25H36Cl4N6O5. The van der Waals surface area contributed by atoms with Crippen molar-refractivity contribution in [1.82, 2.24) is 19.9 Å². The van der Waals surface area contributed by atoms with Gasteiger partial charge in [-0.1, -0.05) is 23.2 Å². The van der Waals surface area contributed by atoms with Crippen LogP contribution in [0, 0.1) is 0 Å². The fraction of sp³-hybridized carbons (Fsp3) is 0.640. The first kappa shape index (κ1) is 34.3. The lowest BCUT2D eigenvalue weighted by molar-refractivity contribution is 0.146. The van der Waals surface area contributed by atoms with Crippen molar-refractivity contribution < 1.29 is 24.5 Å². The average molecular weight is 642 g/mol. The molecule has 0 aliphatic rings. The summed E-state index contributed by atoms with van der Waals surface area (Å²) < 4.78 is 11.1. The highest BCUT2D eigenvalue weighted by Gasteiger charge is 2.37. The number of ether oxygens (including phenoxy) is 2. The highest BCUT2D eigenvalue weighted by atomic mass is 35.5. The molecule has 0 aromatic carbocycles. The molecule has 2 rings (SSSR count). The van der Waals surface area contributed by atoms with E-state index in [0.29, 0.717) is 0 Å². The standard InChI is InChI=1S/C25H36Cl4N6O5/c1-11(13(3)36)34(24(5,6)7)19-15(17(26)30-21(28)32-19)39-23(38)40-16-18(27)31-22(29)33-20(16)35(25(8,9)10)12(2)14(4)37/h11-14,36-37H,1-10H3/t11-,12-,13+,14+/m1/s1. The van der Waals surface area contributed by atoms with Crippen molar-refractivity contribution in [2.75, 3.05) is 9.80 Å². The molecule has 15 heteroatoms. The molecule has 2 aromatic rings. The molecular weight excluding hydrogens is 606 g/mol. The molecule has 40 heavy (non-hydrogen) atoms. The summed E-state index contributed by atoms with van der Waals surface area (Å²) in [6.45, 7) is 18.0. The van der Waals surface area contributed by atoms with Crippen LogP contribution < -0.4 is 19.3 Å². The van der Waals surface area contributed by atoms with Gasteiger partial charge in [0.25, 0.3) is 0 Å². The summed E-state index contributed by atoms with van der Waals surface area (Å²) in [7, 11) is 0. The molecule has 0 aliphatic heterocycles. The largest absolute Gasteiger partial charge is 0.519 e. The zero-order valence-electron chi connectivity index (χ0n) is 24.1. The minimum absolute atomic E-state index is 0.0561. The van der Waals surface area contributed by atoms with Crippen molar-refractivity contribution in [1.29, 1.82) is 0 Å². The van der Waals surface area contributed by atoms with E-state index >= 15 is 0 Å². The highest BCUT2D eigenvalue weighted by Crippen LogP contribution is 2.41. The molecule has 0 fully saturated rings. The molecule has 0 bridgehead atoms. The summed E-state index contributed by atoms with van der Waals surface area (Å²) in [6, 6.07) is -1.01. The summed E-state index contributed by atoms with van der Waals surface area (Å²) in [4.78, 5) is 33.0. The number of hydrogen-bond donors (Lipinski definition) is 2. The van der Waals surface area contributed by atoms with E-state index in [0.717, 1.165) is 0 Å². The molecule has 0 saturated carbocycles. The van der Waals surface area contributed by atoms with E-state index in [1.807, 2.05) is 41.5 Å². The van der Waals surface area contributed by atoms with Gasteiger partial charge in [0.1, 0.15) is 0 Å². The zero-order valence-corrected chi connectivity index (χ0v) is 27.1. The van der Waals surface area contributed by atoms with E-state index < -0.39 is 41.5 Å². The Morgan fingerprint density at radius 2 is 0.975 bits per heavy atom. The van der Waals surface area contributed by atoms with Gasteiger partial charge in [-0.2, -0.15) is 9.97 Å². The summed E-state index contributed by atoms with van der Waals surface area (Å²) >= 11 is 25.0. The van der Waals surface area contributed by atoms with Crippen LogP contribution >= 0.6 is 46.4 Å². The third-order valence-electron chi connectivity index (χ3n) is 6.04. The lowest BCUT2D eigenvalue weighted by Gasteiger charge is -2.43. The quantitative estimate of drug-likeness (QED) is 0.194. The average Bonchev–Trinajstić information content (AvgIpc) is 2.76. The van der Waals surface area contributed by atoms with Crippen LogP contribution in [-0.4, -0.2) is 71.7 Å². The zero-order chi connectivity index (χ0) is 30.9. The van der Waals surface area contributed by atoms with Crippen LogP contribution in [0.4, 0.5) is 16.4 Å². The van der Waals surface area contributed by atoms with Gasteiger partial charge in [-0.15, -0.1) is 0 Å². The smallest absolute Gasteiger partial charge is 0.391 e. The molecule has 2 N–H and O–H groups in total. The second-order valence-electron chi connectivity index (χ2n) is 11.4. The van der Waals surface area contributed by atoms with E-state index in [-0.39, 0.29) is 44.0 Å². The van der Waals surface area contributed by atoms with Crippen molar-refractivity contribution in [3.05, 3.63) is 20.9 Å². The monoisotopic (exact) mass is 640 g/mol. The summed E-state index contributed by atoms with van der Waals surface area (Å²) in [6.07, 6.45) is -2.88. The first-order valence-corrected chi connectivity index (χ1v) is 14.0. The van der Waals surface area contributed by atoms with Crippen molar-refractivity contribution in [3.63, 3.8) is 0 Å². The van der Waals surface area contributed by atoms with Crippen LogP contribution in [0.2, 0.25) is 20.9 Å². The van der Waals surface area contributed by atoms with Gasteiger partial charge in [-0.05, 0) is 92.4 Å². The van der Waals surface area contributed by atoms with Gasteiger partial charge < -0.3 is 29.5 Å². The predicted octanol–water partition coefficient (Wildman–Crippen LogP) is 6.21. The highest BCUT2D eigenvalue weighted by molar-refractivity contribution is 6.34. The maximum atomic E-state index is 13.2. The lowest BCUT2D eigenvalue weighted by atomic mass is 10.0. The first-order chi connectivity index (χ1) is 18.2. The number of aliphatic hydroxyl groups is 2. The number of rotatable bonds is 8. The lowest BCUT2D eigenvalue weighted by Crippen LogP contribution is -2.52. The molecule has 0 unspecified atom stereocenters. The Morgan fingerprint density at radius 1 is 0.675 bits per heavy atom. The van der Waals surface area contributed by atoms with Crippen molar-refractivity contribution in [2.24, 2.45) is 0 Å². The summed E-state index contributed by atoms with van der Waals surface area (Å²) in [5.41, 5.74) is -1.27. The van der Waals surface area contributed by atoms with Crippen molar-refractivity contribution >= 4 is 64.2 Å². The maximum Gasteiger partial charge on any atom is 0.519 e. The predicted molar refractivity (Wildman–Crippen MR) is 158 cm³/mol. The Morgan fingerprint density at radius 3 is 1.23 bits per heavy atom. The van der Waals surface area contributed by atoms with Gasteiger partial charge in [0.15, 0.2) is 21.9 Å².